The van der Waals surface area contributed by atoms with Crippen LogP contribution in [0.4, 0.5) is 0 Å². The van der Waals surface area contributed by atoms with Crippen LogP contribution in [-0.2, 0) is 14.6 Å². The molecule has 112 valence electrons. The lowest BCUT2D eigenvalue weighted by Gasteiger charge is -2.09. The van der Waals surface area contributed by atoms with E-state index in [1.807, 2.05) is 0 Å². The number of carbonyl (C=O) groups is 1. The number of nitrogens with one attached hydrogen (secondary N) is 1. The van der Waals surface area contributed by atoms with Crippen molar-refractivity contribution >= 4 is 15.7 Å². The van der Waals surface area contributed by atoms with E-state index < -0.39 is 9.84 Å². The Morgan fingerprint density at radius 1 is 1.11 bits per heavy atom. The lowest BCUT2D eigenvalue weighted by atomic mass is 10.1. The number of hydrogen-bond acceptors (Lipinski definition) is 3. The molecule has 0 spiro atoms. The minimum Gasteiger partial charge on any atom is -0.356 e. The van der Waals surface area contributed by atoms with Crippen LogP contribution in [0.3, 0.4) is 0 Å². The van der Waals surface area contributed by atoms with Crippen LogP contribution in [0.25, 0.3) is 0 Å². The summed E-state index contributed by atoms with van der Waals surface area (Å²) in [6, 6.07) is 0. The van der Waals surface area contributed by atoms with Crippen LogP contribution >= 0.6 is 0 Å². The molecule has 0 aromatic carbocycles. The standard InChI is InChI=1S/C14H27NO3S/c1-2-3-4-5-6-7-8-10-15-14(16)13-9-11-19(17,18)12-13/h13H,2-12H2,1H3,(H,15,16). The first-order chi connectivity index (χ1) is 9.05. The van der Waals surface area contributed by atoms with Crippen LogP contribution in [0.2, 0.25) is 0 Å². The molecule has 1 heterocycles. The van der Waals surface area contributed by atoms with Crippen molar-refractivity contribution in [1.29, 1.82) is 0 Å². The Bertz CT molecular complexity index is 365. The highest BCUT2D eigenvalue weighted by Gasteiger charge is 2.32. The van der Waals surface area contributed by atoms with Crippen LogP contribution in [-0.4, -0.2) is 32.4 Å². The van der Waals surface area contributed by atoms with Gasteiger partial charge in [-0.15, -0.1) is 0 Å². The molecule has 0 bridgehead atoms. The van der Waals surface area contributed by atoms with E-state index in [1.165, 1.54) is 32.1 Å². The van der Waals surface area contributed by atoms with Gasteiger partial charge in [0.1, 0.15) is 0 Å². The second kappa shape index (κ2) is 8.56. The summed E-state index contributed by atoms with van der Waals surface area (Å²) < 4.78 is 22.5. The molecule has 0 aliphatic carbocycles. The van der Waals surface area contributed by atoms with Crippen molar-refractivity contribution in [3.05, 3.63) is 0 Å². The van der Waals surface area contributed by atoms with Gasteiger partial charge in [0.05, 0.1) is 17.4 Å². The fourth-order valence-electron chi connectivity index (χ4n) is 2.44. The highest BCUT2D eigenvalue weighted by Crippen LogP contribution is 2.18. The van der Waals surface area contributed by atoms with E-state index in [-0.39, 0.29) is 23.3 Å². The van der Waals surface area contributed by atoms with Gasteiger partial charge in [0.25, 0.3) is 0 Å². The number of rotatable bonds is 9. The Kier molecular flexibility index (Phi) is 7.42. The molecule has 1 aliphatic heterocycles. The minimum absolute atomic E-state index is 0.0376. The van der Waals surface area contributed by atoms with E-state index in [9.17, 15) is 13.2 Å². The Balaban J connectivity index is 1.99. The molecule has 1 rings (SSSR count). The fourth-order valence-corrected chi connectivity index (χ4v) is 4.18. The number of hydrogen-bond donors (Lipinski definition) is 1. The largest absolute Gasteiger partial charge is 0.356 e. The van der Waals surface area contributed by atoms with E-state index in [1.54, 1.807) is 0 Å². The van der Waals surface area contributed by atoms with Gasteiger partial charge in [-0.2, -0.15) is 0 Å². The predicted octanol–water partition coefficient (Wildman–Crippen LogP) is 2.29. The van der Waals surface area contributed by atoms with Gasteiger partial charge in [-0.3, -0.25) is 4.79 Å². The summed E-state index contributed by atoms with van der Waals surface area (Å²) >= 11 is 0. The zero-order chi connectivity index (χ0) is 14.1. The lowest BCUT2D eigenvalue weighted by molar-refractivity contribution is -0.124. The van der Waals surface area contributed by atoms with E-state index in [4.69, 9.17) is 0 Å². The van der Waals surface area contributed by atoms with Gasteiger partial charge >= 0.3 is 0 Å². The molecule has 1 N–H and O–H groups in total. The molecule has 0 aromatic heterocycles. The van der Waals surface area contributed by atoms with Crippen LogP contribution in [0, 0.1) is 5.92 Å². The average molecular weight is 289 g/mol. The van der Waals surface area contributed by atoms with Crippen molar-refractivity contribution in [1.82, 2.24) is 5.32 Å². The number of sulfone groups is 1. The molecule has 1 amide bonds. The third-order valence-electron chi connectivity index (χ3n) is 3.68. The number of unbranched alkanes of at least 4 members (excludes halogenated alkanes) is 6. The van der Waals surface area contributed by atoms with Gasteiger partial charge in [0.15, 0.2) is 9.84 Å². The Morgan fingerprint density at radius 2 is 1.74 bits per heavy atom. The molecule has 4 nitrogen and oxygen atoms in total. The van der Waals surface area contributed by atoms with Gasteiger partial charge in [0, 0.05) is 6.54 Å². The van der Waals surface area contributed by atoms with E-state index >= 15 is 0 Å². The summed E-state index contributed by atoms with van der Waals surface area (Å²) in [4.78, 5) is 11.7. The summed E-state index contributed by atoms with van der Waals surface area (Å²) in [6.07, 6.45) is 9.03. The summed E-state index contributed by atoms with van der Waals surface area (Å²) in [5.74, 6) is -0.181. The lowest BCUT2D eigenvalue weighted by Crippen LogP contribution is -2.32. The zero-order valence-electron chi connectivity index (χ0n) is 12.0. The maximum absolute atomic E-state index is 11.7. The molecule has 0 radical (unpaired) electrons. The predicted molar refractivity (Wildman–Crippen MR) is 77.8 cm³/mol. The van der Waals surface area contributed by atoms with E-state index in [2.05, 4.69) is 12.2 Å². The summed E-state index contributed by atoms with van der Waals surface area (Å²) in [5.41, 5.74) is 0. The molecule has 1 atom stereocenters. The topological polar surface area (TPSA) is 63.2 Å². The first kappa shape index (κ1) is 16.5. The average Bonchev–Trinajstić information content (AvgIpc) is 2.73. The van der Waals surface area contributed by atoms with Crippen molar-refractivity contribution in [3.63, 3.8) is 0 Å². The van der Waals surface area contributed by atoms with Crippen LogP contribution in [0.1, 0.15) is 58.3 Å². The van der Waals surface area contributed by atoms with Crippen LogP contribution in [0.5, 0.6) is 0 Å². The molecule has 19 heavy (non-hydrogen) atoms. The molecule has 0 saturated carbocycles. The zero-order valence-corrected chi connectivity index (χ0v) is 12.8. The Morgan fingerprint density at radius 3 is 2.32 bits per heavy atom. The van der Waals surface area contributed by atoms with Crippen molar-refractivity contribution in [3.8, 4) is 0 Å². The molecule has 5 heteroatoms. The fraction of sp³-hybridized carbons (Fsp3) is 0.929. The summed E-state index contributed by atoms with van der Waals surface area (Å²) in [6.45, 7) is 2.89. The summed E-state index contributed by atoms with van der Waals surface area (Å²) in [7, 11) is -2.95. The van der Waals surface area contributed by atoms with Crippen molar-refractivity contribution in [2.75, 3.05) is 18.1 Å². The minimum atomic E-state index is -2.95. The van der Waals surface area contributed by atoms with Crippen molar-refractivity contribution < 1.29 is 13.2 Å². The van der Waals surface area contributed by atoms with E-state index in [0.29, 0.717) is 13.0 Å². The maximum Gasteiger partial charge on any atom is 0.224 e. The van der Waals surface area contributed by atoms with Crippen LogP contribution in [0.15, 0.2) is 0 Å². The van der Waals surface area contributed by atoms with Crippen LogP contribution < -0.4 is 5.32 Å². The summed E-state index contributed by atoms with van der Waals surface area (Å²) in [5, 5.41) is 2.86. The SMILES string of the molecule is CCCCCCCCCNC(=O)C1CCS(=O)(=O)C1. The highest BCUT2D eigenvalue weighted by molar-refractivity contribution is 7.91. The molecule has 1 aliphatic rings. The second-order valence-corrected chi connectivity index (χ2v) is 7.74. The second-order valence-electron chi connectivity index (χ2n) is 5.51. The first-order valence-electron chi connectivity index (χ1n) is 7.53. The van der Waals surface area contributed by atoms with Crippen molar-refractivity contribution in [2.24, 2.45) is 5.92 Å². The normalized spacial score (nSPS) is 21.4. The Labute approximate surface area is 117 Å². The maximum atomic E-state index is 11.7. The third-order valence-corrected chi connectivity index (χ3v) is 5.45. The first-order valence-corrected chi connectivity index (χ1v) is 9.35. The number of carbonyl (C=O) groups excluding carboxylic acids is 1. The smallest absolute Gasteiger partial charge is 0.224 e. The van der Waals surface area contributed by atoms with Gasteiger partial charge in [-0.25, -0.2) is 8.42 Å². The van der Waals surface area contributed by atoms with Crippen molar-refractivity contribution in [2.45, 2.75) is 58.3 Å². The van der Waals surface area contributed by atoms with Gasteiger partial charge in [-0.05, 0) is 12.8 Å². The Hall–Kier alpha value is -0.580. The van der Waals surface area contributed by atoms with Gasteiger partial charge < -0.3 is 5.32 Å². The monoisotopic (exact) mass is 289 g/mol. The molecule has 0 aromatic rings. The molecular formula is C14H27NO3S. The molecule has 1 fully saturated rings. The van der Waals surface area contributed by atoms with Gasteiger partial charge in [-0.1, -0.05) is 45.4 Å². The van der Waals surface area contributed by atoms with Gasteiger partial charge in [0.2, 0.25) is 5.91 Å². The molecule has 1 unspecified atom stereocenters. The molecule has 1 saturated heterocycles. The highest BCUT2D eigenvalue weighted by atomic mass is 32.2. The van der Waals surface area contributed by atoms with E-state index in [0.717, 1.165) is 12.8 Å². The number of amides is 1. The third kappa shape index (κ3) is 6.95. The quantitative estimate of drug-likeness (QED) is 0.662. The molecular weight excluding hydrogens is 262 g/mol.